The van der Waals surface area contributed by atoms with Crippen LogP contribution in [0.1, 0.15) is 0 Å². The second kappa shape index (κ2) is 2.20. The molecule has 0 unspecified atom stereocenters. The molecule has 2 rings (SSSR count). The van der Waals surface area contributed by atoms with E-state index in [2.05, 4.69) is 6.07 Å². The first-order valence-electron chi connectivity index (χ1n) is 3.10. The van der Waals surface area contributed by atoms with Gasteiger partial charge in [-0.25, -0.2) is 0 Å². The Morgan fingerprint density at radius 2 is 2.00 bits per heavy atom. The van der Waals surface area contributed by atoms with Crippen LogP contribution in [-0.4, -0.2) is 5.11 Å². The summed E-state index contributed by atoms with van der Waals surface area (Å²) < 4.78 is 10.0. The first kappa shape index (κ1) is 6.09. The Hall–Kier alpha value is -1.64. The summed E-state index contributed by atoms with van der Waals surface area (Å²) in [7, 11) is 0. The van der Waals surface area contributed by atoms with Gasteiger partial charge in [-0.05, 0) is 12.1 Å². The summed E-state index contributed by atoms with van der Waals surface area (Å²) in [6.07, 6.45) is 2.81. The van der Waals surface area contributed by atoms with Crippen LogP contribution in [0.25, 0.3) is 0 Å². The summed E-state index contributed by atoms with van der Waals surface area (Å²) in [5.41, 5.74) is 0. The molecule has 0 aromatic heterocycles. The number of phenolic OH excluding ortho intramolecular Hbond substituents is 1. The molecule has 3 nitrogen and oxygen atoms in total. The summed E-state index contributed by atoms with van der Waals surface area (Å²) >= 11 is 0. The SMILES string of the molecule is Oc1[c]c2c(cc1)OC=CO2. The highest BCUT2D eigenvalue weighted by molar-refractivity contribution is 5.45. The molecule has 0 fully saturated rings. The van der Waals surface area contributed by atoms with E-state index in [1.807, 2.05) is 0 Å². The Morgan fingerprint density at radius 1 is 1.18 bits per heavy atom. The molecule has 11 heavy (non-hydrogen) atoms. The van der Waals surface area contributed by atoms with Gasteiger partial charge in [0, 0.05) is 0 Å². The van der Waals surface area contributed by atoms with Crippen molar-refractivity contribution < 1.29 is 14.6 Å². The quantitative estimate of drug-likeness (QED) is 0.606. The molecule has 1 aromatic carbocycles. The molecular weight excluding hydrogens is 144 g/mol. The number of fused-ring (bicyclic) bond motifs is 1. The molecule has 0 aliphatic carbocycles. The van der Waals surface area contributed by atoms with Crippen LogP contribution >= 0.6 is 0 Å². The van der Waals surface area contributed by atoms with Crippen molar-refractivity contribution >= 4 is 0 Å². The average molecular weight is 149 g/mol. The zero-order valence-corrected chi connectivity index (χ0v) is 5.57. The minimum Gasteiger partial charge on any atom is -0.507 e. The first-order valence-corrected chi connectivity index (χ1v) is 3.10. The molecule has 1 N–H and O–H groups in total. The molecular formula is C8H5O3. The van der Waals surface area contributed by atoms with Crippen LogP contribution in [0.15, 0.2) is 24.7 Å². The fraction of sp³-hybridized carbons (Fsp3) is 0. The maximum absolute atomic E-state index is 8.97. The van der Waals surface area contributed by atoms with Crippen LogP contribution in [0.2, 0.25) is 0 Å². The normalized spacial score (nSPS) is 13.1. The first-order chi connectivity index (χ1) is 5.36. The minimum absolute atomic E-state index is 0.0441. The van der Waals surface area contributed by atoms with Crippen LogP contribution in [0, 0.1) is 6.07 Å². The molecule has 1 aliphatic heterocycles. The van der Waals surface area contributed by atoms with Crippen LogP contribution in [0.4, 0.5) is 0 Å². The highest BCUT2D eigenvalue weighted by Gasteiger charge is 2.08. The van der Waals surface area contributed by atoms with Crippen LogP contribution in [0.3, 0.4) is 0 Å². The molecule has 0 spiro atoms. The van der Waals surface area contributed by atoms with Gasteiger partial charge in [0.1, 0.15) is 18.3 Å². The highest BCUT2D eigenvalue weighted by Crippen LogP contribution is 2.32. The van der Waals surface area contributed by atoms with Crippen molar-refractivity contribution in [3.63, 3.8) is 0 Å². The predicted molar refractivity (Wildman–Crippen MR) is 37.3 cm³/mol. The number of phenols is 1. The largest absolute Gasteiger partial charge is 0.507 e. The molecule has 0 saturated carbocycles. The molecule has 0 saturated heterocycles. The Balaban J connectivity index is 2.48. The maximum atomic E-state index is 8.97. The Labute approximate surface area is 63.5 Å². The van der Waals surface area contributed by atoms with Crippen molar-refractivity contribution in [2.45, 2.75) is 0 Å². The van der Waals surface area contributed by atoms with Gasteiger partial charge in [0.05, 0.1) is 6.07 Å². The standard InChI is InChI=1S/C8H5O3/c9-6-1-2-7-8(5-6)11-4-3-10-7/h1-4,9H. The highest BCUT2D eigenvalue weighted by atomic mass is 16.5. The van der Waals surface area contributed by atoms with Gasteiger partial charge >= 0.3 is 0 Å². The third-order valence-electron chi connectivity index (χ3n) is 1.29. The number of ether oxygens (including phenoxy) is 2. The van der Waals surface area contributed by atoms with Crippen LogP contribution in [-0.2, 0) is 0 Å². The smallest absolute Gasteiger partial charge is 0.180 e. The molecule has 1 heterocycles. The molecule has 55 valence electrons. The van der Waals surface area contributed by atoms with E-state index in [1.165, 1.54) is 18.6 Å². The molecule has 0 amide bonds. The number of aromatic hydroxyl groups is 1. The molecule has 0 atom stereocenters. The molecule has 1 aromatic rings. The van der Waals surface area contributed by atoms with E-state index in [4.69, 9.17) is 14.6 Å². The lowest BCUT2D eigenvalue weighted by Crippen LogP contribution is -1.95. The van der Waals surface area contributed by atoms with Crippen LogP contribution < -0.4 is 9.47 Å². The zero-order chi connectivity index (χ0) is 7.68. The second-order valence-corrected chi connectivity index (χ2v) is 2.04. The van der Waals surface area contributed by atoms with E-state index in [0.29, 0.717) is 11.5 Å². The van der Waals surface area contributed by atoms with E-state index in [1.54, 1.807) is 6.07 Å². The molecule has 0 bridgehead atoms. The molecule has 1 radical (unpaired) electrons. The van der Waals surface area contributed by atoms with E-state index in [0.717, 1.165) is 0 Å². The van der Waals surface area contributed by atoms with Gasteiger partial charge in [0.15, 0.2) is 11.5 Å². The van der Waals surface area contributed by atoms with Gasteiger partial charge < -0.3 is 14.6 Å². The number of hydrogen-bond donors (Lipinski definition) is 1. The topological polar surface area (TPSA) is 38.7 Å². The third-order valence-corrected chi connectivity index (χ3v) is 1.29. The summed E-state index contributed by atoms with van der Waals surface area (Å²) in [5, 5.41) is 8.97. The van der Waals surface area contributed by atoms with Gasteiger partial charge in [-0.1, -0.05) is 0 Å². The van der Waals surface area contributed by atoms with E-state index in [9.17, 15) is 0 Å². The van der Waals surface area contributed by atoms with Gasteiger partial charge in [0.2, 0.25) is 0 Å². The fourth-order valence-corrected chi connectivity index (χ4v) is 0.827. The predicted octanol–water partition coefficient (Wildman–Crippen LogP) is 1.43. The lowest BCUT2D eigenvalue weighted by molar-refractivity contribution is 0.357. The number of hydrogen-bond acceptors (Lipinski definition) is 3. The number of benzene rings is 1. The summed E-state index contributed by atoms with van der Waals surface area (Å²) in [6, 6.07) is 5.69. The van der Waals surface area contributed by atoms with E-state index in [-0.39, 0.29) is 5.75 Å². The minimum atomic E-state index is 0.0441. The van der Waals surface area contributed by atoms with Crippen molar-refractivity contribution in [2.75, 3.05) is 0 Å². The van der Waals surface area contributed by atoms with Crippen molar-refractivity contribution in [1.82, 2.24) is 0 Å². The zero-order valence-electron chi connectivity index (χ0n) is 5.57. The van der Waals surface area contributed by atoms with Crippen molar-refractivity contribution in [3.05, 3.63) is 30.7 Å². The van der Waals surface area contributed by atoms with Crippen molar-refractivity contribution in [3.8, 4) is 17.2 Å². The third kappa shape index (κ3) is 1.00. The fourth-order valence-electron chi connectivity index (χ4n) is 0.827. The Morgan fingerprint density at radius 3 is 2.91 bits per heavy atom. The van der Waals surface area contributed by atoms with Crippen LogP contribution in [0.5, 0.6) is 17.2 Å². The van der Waals surface area contributed by atoms with E-state index >= 15 is 0 Å². The van der Waals surface area contributed by atoms with Gasteiger partial charge in [0.25, 0.3) is 0 Å². The Kier molecular flexibility index (Phi) is 1.22. The molecule has 1 aliphatic rings. The number of rotatable bonds is 0. The Bertz CT molecular complexity index is 304. The van der Waals surface area contributed by atoms with Crippen molar-refractivity contribution in [1.29, 1.82) is 0 Å². The van der Waals surface area contributed by atoms with Gasteiger partial charge in [-0.3, -0.25) is 0 Å². The van der Waals surface area contributed by atoms with Crippen molar-refractivity contribution in [2.24, 2.45) is 0 Å². The molecule has 3 heteroatoms. The summed E-state index contributed by atoms with van der Waals surface area (Å²) in [5.74, 6) is 1.01. The second-order valence-electron chi connectivity index (χ2n) is 2.04. The summed E-state index contributed by atoms with van der Waals surface area (Å²) in [6.45, 7) is 0. The van der Waals surface area contributed by atoms with Gasteiger partial charge in [-0.15, -0.1) is 0 Å². The van der Waals surface area contributed by atoms with E-state index < -0.39 is 0 Å². The lowest BCUT2D eigenvalue weighted by Gasteiger charge is -2.10. The average Bonchev–Trinajstić information content (AvgIpc) is 2.04. The monoisotopic (exact) mass is 149 g/mol. The summed E-state index contributed by atoms with van der Waals surface area (Å²) in [4.78, 5) is 0. The van der Waals surface area contributed by atoms with Gasteiger partial charge in [-0.2, -0.15) is 0 Å². The maximum Gasteiger partial charge on any atom is 0.180 e. The lowest BCUT2D eigenvalue weighted by atomic mass is 10.3.